The molecule has 0 amide bonds. The van der Waals surface area contributed by atoms with E-state index >= 15 is 0 Å². The molecule has 1 aliphatic heterocycles. The zero-order valence-electron chi connectivity index (χ0n) is 22.8. The van der Waals surface area contributed by atoms with Gasteiger partial charge in [-0.15, -0.1) is 17.7 Å². The predicted octanol–water partition coefficient (Wildman–Crippen LogP) is 7.77. The normalized spacial score (nSPS) is 19.7. The van der Waals surface area contributed by atoms with Gasteiger partial charge in [-0.05, 0) is 43.0 Å². The maximum atomic E-state index is 7.50. The summed E-state index contributed by atoms with van der Waals surface area (Å²) in [6, 6.07) is 42.7. The molecule has 0 aromatic heterocycles. The van der Waals surface area contributed by atoms with Crippen molar-refractivity contribution in [1.82, 2.24) is 0 Å². The summed E-state index contributed by atoms with van der Waals surface area (Å²) in [6.45, 7) is 11.2. The number of hydrogen-bond acceptors (Lipinski definition) is 0. The van der Waals surface area contributed by atoms with Crippen molar-refractivity contribution in [3.8, 4) is 0 Å². The largest absolute Gasteiger partial charge is 0.0767 e. The number of benzene rings is 4. The Morgan fingerprint density at radius 1 is 0.659 bits per heavy atom. The molecule has 7 rings (SSSR count). The van der Waals surface area contributed by atoms with Crippen LogP contribution in [0.3, 0.4) is 0 Å². The van der Waals surface area contributed by atoms with E-state index in [0.29, 0.717) is 5.66 Å². The average Bonchev–Trinajstić information content (AvgIpc) is 3.37. The predicted molar refractivity (Wildman–Crippen MR) is 164 cm³/mol. The van der Waals surface area contributed by atoms with Crippen LogP contribution in [0.15, 0.2) is 140 Å². The van der Waals surface area contributed by atoms with Gasteiger partial charge in [0.2, 0.25) is 0 Å². The minimum atomic E-state index is -1.84. The van der Waals surface area contributed by atoms with Gasteiger partial charge in [0.05, 0.1) is 12.9 Å². The average molecular weight is 724 g/mol. The smallest absolute Gasteiger partial charge is 0.00506 e. The van der Waals surface area contributed by atoms with E-state index in [0.717, 1.165) is 0 Å². The summed E-state index contributed by atoms with van der Waals surface area (Å²) >= 11 is 0. The van der Waals surface area contributed by atoms with Gasteiger partial charge in [0.25, 0.3) is 0 Å². The van der Waals surface area contributed by atoms with Crippen LogP contribution in [-0.4, -0.2) is 5.66 Å². The first-order chi connectivity index (χ1) is 19.7. The molecule has 4 aromatic rings. The molecule has 2 nitrogen and oxygen atoms in total. The third kappa shape index (κ3) is 6.30. The minimum Gasteiger partial charge on any atom is -0.0767 e. The van der Waals surface area contributed by atoms with Crippen LogP contribution >= 0.6 is 7.26 Å². The van der Waals surface area contributed by atoms with Gasteiger partial charge >= 0.3 is 22.6 Å². The molecule has 2 radical (unpaired) electrons. The number of hydrogen-bond donors (Lipinski definition) is 0. The second kappa shape index (κ2) is 15.1. The fourth-order valence-electron chi connectivity index (χ4n) is 5.82. The summed E-state index contributed by atoms with van der Waals surface area (Å²) in [6.07, 6.45) is 15.3. The first-order valence-electron chi connectivity index (χ1n) is 13.1. The summed E-state index contributed by atoms with van der Waals surface area (Å²) in [4.78, 5) is 0. The fraction of sp³-hybridized carbons (Fsp3) is 0.108. The Morgan fingerprint density at radius 2 is 1.12 bits per heavy atom. The molecule has 4 heteroatoms. The van der Waals surface area contributed by atoms with Crippen molar-refractivity contribution in [3.05, 3.63) is 182 Å². The molecule has 0 saturated heterocycles. The number of aryl methyl sites for hydroxylation is 1. The first-order valence-corrected chi connectivity index (χ1v) is 15.0. The summed E-state index contributed by atoms with van der Waals surface area (Å²) in [5.41, 5.74) is 4.66. The van der Waals surface area contributed by atoms with E-state index in [1.54, 1.807) is 0 Å². The van der Waals surface area contributed by atoms with Gasteiger partial charge in [-0.25, -0.2) is 6.08 Å². The second-order valence-electron chi connectivity index (χ2n) is 9.75. The molecule has 1 heterocycles. The van der Waals surface area contributed by atoms with Crippen molar-refractivity contribution in [2.24, 2.45) is 0 Å². The molecular formula is C37H30O2PRe. The fourth-order valence-corrected chi connectivity index (χ4v) is 11.3. The SMILES string of the molecule is Cc1ccc(C23[C-]=C(c4ccccc4)[P+](c4ccccc4)(c4ccccc4)C2C3)cc1.[C-]#[O+].[C-]#[O+].[CH]1C=CC=C1.[Re]. The number of fused-ring (bicyclic) bond motifs is 1. The van der Waals surface area contributed by atoms with E-state index in [9.17, 15) is 0 Å². The van der Waals surface area contributed by atoms with Crippen LogP contribution in [0.5, 0.6) is 0 Å². The molecule has 0 N–H and O–H groups in total. The monoisotopic (exact) mass is 724 g/mol. The Morgan fingerprint density at radius 3 is 1.56 bits per heavy atom. The molecular weight excluding hydrogens is 694 g/mol. The van der Waals surface area contributed by atoms with E-state index in [4.69, 9.17) is 9.30 Å². The van der Waals surface area contributed by atoms with Crippen molar-refractivity contribution in [3.63, 3.8) is 0 Å². The van der Waals surface area contributed by atoms with Crippen LogP contribution in [0, 0.1) is 32.7 Å². The molecule has 3 aliphatic rings. The summed E-state index contributed by atoms with van der Waals surface area (Å²) in [5, 5.41) is 4.38. The van der Waals surface area contributed by atoms with Gasteiger partial charge in [-0.3, -0.25) is 0 Å². The van der Waals surface area contributed by atoms with E-state index in [1.807, 2.05) is 30.7 Å². The first kappa shape index (κ1) is 32.2. The quantitative estimate of drug-likeness (QED) is 0.117. The van der Waals surface area contributed by atoms with Crippen LogP contribution < -0.4 is 10.6 Å². The van der Waals surface area contributed by atoms with Crippen LogP contribution in [-0.2, 0) is 35.1 Å². The summed E-state index contributed by atoms with van der Waals surface area (Å²) in [7, 11) is -1.84. The number of rotatable bonds is 4. The van der Waals surface area contributed by atoms with Crippen molar-refractivity contribution in [2.75, 3.05) is 0 Å². The third-order valence-electron chi connectivity index (χ3n) is 7.58. The summed E-state index contributed by atoms with van der Waals surface area (Å²) < 4.78 is 15.0. The van der Waals surface area contributed by atoms with Gasteiger partial charge in [0.15, 0.2) is 0 Å². The Kier molecular flexibility index (Phi) is 11.8. The zero-order chi connectivity index (χ0) is 28.4. The maximum Gasteiger partial charge on any atom is 0.00506 e. The Balaban J connectivity index is 0.000000407. The topological polar surface area (TPSA) is 39.8 Å². The van der Waals surface area contributed by atoms with E-state index in [-0.39, 0.29) is 25.8 Å². The van der Waals surface area contributed by atoms with Crippen LogP contribution in [0.4, 0.5) is 0 Å². The van der Waals surface area contributed by atoms with E-state index < -0.39 is 7.26 Å². The van der Waals surface area contributed by atoms with Crippen molar-refractivity contribution >= 4 is 23.2 Å². The van der Waals surface area contributed by atoms with Gasteiger partial charge < -0.3 is 0 Å². The van der Waals surface area contributed by atoms with Crippen LogP contribution in [0.25, 0.3) is 5.31 Å². The summed E-state index contributed by atoms with van der Waals surface area (Å²) in [5.74, 6) is 0. The van der Waals surface area contributed by atoms with Gasteiger partial charge in [0, 0.05) is 26.8 Å². The van der Waals surface area contributed by atoms with Crippen molar-refractivity contribution in [2.45, 2.75) is 24.4 Å². The van der Waals surface area contributed by atoms with Crippen molar-refractivity contribution in [1.29, 1.82) is 0 Å². The molecule has 1 saturated carbocycles. The molecule has 4 aromatic carbocycles. The van der Waals surface area contributed by atoms with Crippen molar-refractivity contribution < 1.29 is 29.7 Å². The standard InChI is InChI=1S/C30H25P.C5H5.2CO.Re/c1-23-17-19-25(20-18-23)30-21-28(24-11-5-2-6-12-24)31(29(30)22-30,26-13-7-3-8-14-26)27-15-9-4-10-16-27;1-2-4-5-3-1;2*1-2;/h2-20,29H,22H2,1H3;1-5H;;;. The minimum absolute atomic E-state index is 0. The molecule has 0 bridgehead atoms. The molecule has 2 atom stereocenters. The Hall–Kier alpha value is -3.33. The molecule has 0 spiro atoms. The maximum absolute atomic E-state index is 7.50. The second-order valence-corrected chi connectivity index (χ2v) is 13.3. The zero-order valence-corrected chi connectivity index (χ0v) is 26.4. The van der Waals surface area contributed by atoms with Gasteiger partial charge in [-0.1, -0.05) is 120 Å². The molecule has 41 heavy (non-hydrogen) atoms. The van der Waals surface area contributed by atoms with E-state index in [1.165, 1.54) is 39.0 Å². The Labute approximate surface area is 258 Å². The van der Waals surface area contributed by atoms with Crippen LogP contribution in [0.1, 0.15) is 23.1 Å². The molecule has 202 valence electrons. The molecule has 2 unspecified atom stereocenters. The third-order valence-corrected chi connectivity index (χ3v) is 12.4. The Bertz CT molecular complexity index is 1470. The molecule has 2 aliphatic carbocycles. The van der Waals surface area contributed by atoms with Gasteiger partial charge in [0.1, 0.15) is 10.6 Å². The van der Waals surface area contributed by atoms with E-state index in [2.05, 4.69) is 142 Å². The van der Waals surface area contributed by atoms with Gasteiger partial charge in [-0.2, -0.15) is 0 Å². The molecule has 1 fully saturated rings. The van der Waals surface area contributed by atoms with Crippen LogP contribution in [0.2, 0.25) is 0 Å². The number of allylic oxidation sites excluding steroid dienone is 5.